The van der Waals surface area contributed by atoms with Gasteiger partial charge in [-0.25, -0.2) is 4.98 Å². The van der Waals surface area contributed by atoms with E-state index >= 15 is 0 Å². The first-order chi connectivity index (χ1) is 12.8. The topological polar surface area (TPSA) is 85.0 Å². The van der Waals surface area contributed by atoms with Gasteiger partial charge >= 0.3 is 0 Å². The van der Waals surface area contributed by atoms with E-state index in [2.05, 4.69) is 20.7 Å². The third-order valence-electron chi connectivity index (χ3n) is 5.08. The van der Waals surface area contributed by atoms with E-state index < -0.39 is 0 Å². The number of aromatic nitrogens is 3. The summed E-state index contributed by atoms with van der Waals surface area (Å²) < 4.78 is 7.71. The number of hydrogen-bond donors (Lipinski definition) is 2. The molecule has 5 rings (SSSR count). The second-order valence-electron chi connectivity index (χ2n) is 7.14. The normalized spacial score (nSPS) is 19.6. The Bertz CT molecular complexity index is 956. The third kappa shape index (κ3) is 3.70. The number of benzene rings is 1. The van der Waals surface area contributed by atoms with Crippen molar-refractivity contribution in [1.82, 2.24) is 20.1 Å². The van der Waals surface area contributed by atoms with Crippen molar-refractivity contribution in [1.29, 1.82) is 0 Å². The van der Waals surface area contributed by atoms with Crippen LogP contribution in [0.2, 0.25) is 0 Å². The van der Waals surface area contributed by atoms with Crippen molar-refractivity contribution in [2.24, 2.45) is 0 Å². The maximum absolute atomic E-state index is 12.5. The number of piperidine rings is 1. The second kappa shape index (κ2) is 7.32. The molecule has 1 aliphatic carbocycles. The quantitative estimate of drug-likeness (QED) is 0.715. The van der Waals surface area contributed by atoms with E-state index in [0.717, 1.165) is 50.2 Å². The lowest BCUT2D eigenvalue weighted by Crippen LogP contribution is -2.32. The molecule has 0 radical (unpaired) electrons. The molecule has 1 amide bonds. The van der Waals surface area contributed by atoms with Gasteiger partial charge in [-0.05, 0) is 50.4 Å². The summed E-state index contributed by atoms with van der Waals surface area (Å²) in [4.78, 5) is 17.0. The number of nitrogens with zero attached hydrogens (tertiary/aromatic N) is 3. The van der Waals surface area contributed by atoms with Crippen molar-refractivity contribution in [2.75, 3.05) is 18.4 Å². The van der Waals surface area contributed by atoms with E-state index in [1.54, 1.807) is 6.07 Å². The maximum atomic E-state index is 12.5. The highest BCUT2D eigenvalue weighted by atomic mass is 35.5. The molecule has 3 heterocycles. The van der Waals surface area contributed by atoms with Crippen molar-refractivity contribution in [3.63, 3.8) is 0 Å². The summed E-state index contributed by atoms with van der Waals surface area (Å²) in [5.41, 5.74) is 2.66. The van der Waals surface area contributed by atoms with Gasteiger partial charge in [0.05, 0.1) is 6.04 Å². The molecule has 0 spiro atoms. The number of rotatable bonds is 4. The van der Waals surface area contributed by atoms with Gasteiger partial charge in [0.1, 0.15) is 5.52 Å². The number of carbonyl (C=O) groups excluding carboxylic acids is 1. The lowest BCUT2D eigenvalue weighted by molar-refractivity contribution is 0.102. The van der Waals surface area contributed by atoms with Crippen molar-refractivity contribution >= 4 is 35.1 Å². The molecule has 1 unspecified atom stereocenters. The van der Waals surface area contributed by atoms with Gasteiger partial charge in [-0.2, -0.15) is 5.10 Å². The molecule has 2 aromatic heterocycles. The standard InChI is InChI=1S/C19H21N5O2.ClH/c25-18(16-7-9-24(23-16)14-2-1-8-20-11-14)21-13-5-6-15-17(10-13)26-19(22-15)12-3-4-12;/h5-7,9-10,12,14,20H,1-4,8,11H2,(H,21,25);1H. The van der Waals surface area contributed by atoms with E-state index in [-0.39, 0.29) is 18.3 Å². The van der Waals surface area contributed by atoms with Crippen LogP contribution in [0.1, 0.15) is 54.0 Å². The number of halogens is 1. The molecule has 1 aliphatic heterocycles. The zero-order valence-corrected chi connectivity index (χ0v) is 15.7. The number of carbonyl (C=O) groups is 1. The number of oxazole rings is 1. The Hall–Kier alpha value is -2.38. The minimum absolute atomic E-state index is 0. The first-order valence-electron chi connectivity index (χ1n) is 9.24. The van der Waals surface area contributed by atoms with Gasteiger partial charge in [0.2, 0.25) is 0 Å². The minimum atomic E-state index is -0.214. The summed E-state index contributed by atoms with van der Waals surface area (Å²) >= 11 is 0. The molecule has 2 N–H and O–H groups in total. The molecule has 142 valence electrons. The van der Waals surface area contributed by atoms with Crippen molar-refractivity contribution in [3.8, 4) is 0 Å². The zero-order valence-electron chi connectivity index (χ0n) is 14.9. The van der Waals surface area contributed by atoms with Crippen LogP contribution in [0.4, 0.5) is 5.69 Å². The Morgan fingerprint density at radius 3 is 2.93 bits per heavy atom. The number of nitrogens with one attached hydrogen (secondary N) is 2. The van der Waals surface area contributed by atoms with Gasteiger partial charge in [0, 0.05) is 30.4 Å². The first kappa shape index (κ1) is 18.0. The smallest absolute Gasteiger partial charge is 0.276 e. The van der Waals surface area contributed by atoms with Gasteiger partial charge < -0.3 is 15.1 Å². The predicted molar refractivity (Wildman–Crippen MR) is 105 cm³/mol. The Balaban J connectivity index is 0.00000180. The fourth-order valence-electron chi connectivity index (χ4n) is 3.44. The first-order valence-corrected chi connectivity index (χ1v) is 9.24. The average Bonchev–Trinajstić information content (AvgIpc) is 3.24. The van der Waals surface area contributed by atoms with Crippen molar-refractivity contribution in [3.05, 3.63) is 42.0 Å². The number of amides is 1. The molecule has 2 aliphatic rings. The molecule has 27 heavy (non-hydrogen) atoms. The highest BCUT2D eigenvalue weighted by Crippen LogP contribution is 2.40. The fourth-order valence-corrected chi connectivity index (χ4v) is 3.44. The average molecular weight is 388 g/mol. The highest BCUT2D eigenvalue weighted by molar-refractivity contribution is 6.03. The summed E-state index contributed by atoms with van der Waals surface area (Å²) in [6.07, 6.45) is 6.40. The predicted octanol–water partition coefficient (Wildman–Crippen LogP) is 3.50. The number of hydrogen-bond acceptors (Lipinski definition) is 5. The van der Waals surface area contributed by atoms with Crippen LogP contribution in [-0.4, -0.2) is 33.8 Å². The lowest BCUT2D eigenvalue weighted by atomic mass is 10.1. The zero-order chi connectivity index (χ0) is 17.5. The highest BCUT2D eigenvalue weighted by Gasteiger charge is 2.29. The van der Waals surface area contributed by atoms with Gasteiger partial charge in [-0.15, -0.1) is 12.4 Å². The molecule has 3 aromatic rings. The van der Waals surface area contributed by atoms with Crippen LogP contribution < -0.4 is 10.6 Å². The molecule has 1 atom stereocenters. The van der Waals surface area contributed by atoms with Crippen LogP contribution in [0, 0.1) is 0 Å². The number of fused-ring (bicyclic) bond motifs is 1. The van der Waals surface area contributed by atoms with Crippen LogP contribution in [-0.2, 0) is 0 Å². The Kier molecular flexibility index (Phi) is 4.88. The van der Waals surface area contributed by atoms with Gasteiger partial charge in [0.25, 0.3) is 5.91 Å². The van der Waals surface area contributed by atoms with E-state index in [0.29, 0.717) is 28.9 Å². The van der Waals surface area contributed by atoms with E-state index in [1.807, 2.05) is 29.1 Å². The van der Waals surface area contributed by atoms with E-state index in [1.165, 1.54) is 0 Å². The molecule has 1 saturated heterocycles. The molecule has 1 aromatic carbocycles. The molecule has 8 heteroatoms. The van der Waals surface area contributed by atoms with Crippen LogP contribution in [0.5, 0.6) is 0 Å². The summed E-state index contributed by atoms with van der Waals surface area (Å²) in [5, 5.41) is 10.7. The molecule has 0 bridgehead atoms. The maximum Gasteiger partial charge on any atom is 0.276 e. The fraction of sp³-hybridized carbons (Fsp3) is 0.421. The van der Waals surface area contributed by atoms with Gasteiger partial charge in [-0.1, -0.05) is 0 Å². The monoisotopic (exact) mass is 387 g/mol. The van der Waals surface area contributed by atoms with Crippen LogP contribution in [0.25, 0.3) is 11.1 Å². The van der Waals surface area contributed by atoms with E-state index in [9.17, 15) is 4.79 Å². The molecule has 1 saturated carbocycles. The summed E-state index contributed by atoms with van der Waals surface area (Å²) in [5.74, 6) is 1.07. The van der Waals surface area contributed by atoms with Crippen molar-refractivity contribution in [2.45, 2.75) is 37.6 Å². The Morgan fingerprint density at radius 2 is 2.15 bits per heavy atom. The van der Waals surface area contributed by atoms with Crippen LogP contribution >= 0.6 is 12.4 Å². The lowest BCUT2D eigenvalue weighted by Gasteiger charge is -2.22. The van der Waals surface area contributed by atoms with Crippen molar-refractivity contribution < 1.29 is 9.21 Å². The summed E-state index contributed by atoms with van der Waals surface area (Å²) in [6, 6.07) is 7.64. The molecule has 7 nitrogen and oxygen atoms in total. The van der Waals surface area contributed by atoms with E-state index in [4.69, 9.17) is 4.42 Å². The number of anilines is 1. The van der Waals surface area contributed by atoms with Gasteiger partial charge in [0.15, 0.2) is 17.2 Å². The largest absolute Gasteiger partial charge is 0.440 e. The van der Waals surface area contributed by atoms with Crippen LogP contribution in [0.15, 0.2) is 34.9 Å². The third-order valence-corrected chi connectivity index (χ3v) is 5.08. The van der Waals surface area contributed by atoms with Crippen LogP contribution in [0.3, 0.4) is 0 Å². The molecule has 2 fully saturated rings. The Labute approximate surface area is 162 Å². The SMILES string of the molecule is Cl.O=C(Nc1ccc2nc(C3CC3)oc2c1)c1ccn(C2CCCNC2)n1. The minimum Gasteiger partial charge on any atom is -0.440 e. The summed E-state index contributed by atoms with van der Waals surface area (Å²) in [6.45, 7) is 1.95. The molecular weight excluding hydrogens is 366 g/mol. The Morgan fingerprint density at radius 1 is 1.26 bits per heavy atom. The van der Waals surface area contributed by atoms with Gasteiger partial charge in [-0.3, -0.25) is 9.48 Å². The second-order valence-corrected chi connectivity index (χ2v) is 7.14. The summed E-state index contributed by atoms with van der Waals surface area (Å²) in [7, 11) is 0. The molecular formula is C19H22ClN5O2.